The molecule has 0 saturated heterocycles. The maximum absolute atomic E-state index is 11.0. The van der Waals surface area contributed by atoms with Crippen LogP contribution in [0.15, 0.2) is 17.1 Å². The van der Waals surface area contributed by atoms with Crippen LogP contribution in [0.1, 0.15) is 10.4 Å². The zero-order valence-electron chi connectivity index (χ0n) is 5.42. The number of hydrogen-bond donors (Lipinski definition) is 0. The maximum atomic E-state index is 11.0. The Balaban J connectivity index is 2.90. The number of hydrogen-bond acceptors (Lipinski definition) is 3. The summed E-state index contributed by atoms with van der Waals surface area (Å²) < 4.78 is 0.489. The number of alkyl halides is 1. The number of carbonyl (C=O) groups excluding carboxylic acids is 1. The van der Waals surface area contributed by atoms with Gasteiger partial charge in [0.05, 0.1) is 10.9 Å². The van der Waals surface area contributed by atoms with Crippen LogP contribution in [0.5, 0.6) is 0 Å². The van der Waals surface area contributed by atoms with Crippen molar-refractivity contribution in [2.45, 2.75) is 0 Å². The number of halogens is 2. The summed E-state index contributed by atoms with van der Waals surface area (Å²) >= 11 is 6.12. The van der Waals surface area contributed by atoms with Gasteiger partial charge in [-0.25, -0.2) is 9.97 Å². The molecule has 1 aromatic rings. The normalized spacial score (nSPS) is 9.64. The monoisotopic (exact) mass is 278 g/mol. The molecular formula is C6H4Br2N2O. The summed E-state index contributed by atoms with van der Waals surface area (Å²) in [7, 11) is 0. The summed E-state index contributed by atoms with van der Waals surface area (Å²) in [6, 6.07) is 0. The summed E-state index contributed by atoms with van der Waals surface area (Å²) in [6.45, 7) is 0. The van der Waals surface area contributed by atoms with E-state index in [1.54, 1.807) is 0 Å². The fourth-order valence-electron chi connectivity index (χ4n) is 0.533. The van der Waals surface area contributed by atoms with E-state index in [-0.39, 0.29) is 5.78 Å². The molecule has 0 saturated carbocycles. The van der Waals surface area contributed by atoms with Gasteiger partial charge in [0, 0.05) is 12.4 Å². The molecule has 0 spiro atoms. The molecule has 0 fully saturated rings. The van der Waals surface area contributed by atoms with Gasteiger partial charge < -0.3 is 0 Å². The third-order valence-corrected chi connectivity index (χ3v) is 1.98. The predicted octanol–water partition coefficient (Wildman–Crippen LogP) is 1.82. The maximum Gasteiger partial charge on any atom is 0.196 e. The summed E-state index contributed by atoms with van der Waals surface area (Å²) in [5.41, 5.74) is 0.519. The fourth-order valence-corrected chi connectivity index (χ4v) is 1.06. The molecule has 3 nitrogen and oxygen atoms in total. The van der Waals surface area contributed by atoms with Gasteiger partial charge in [-0.15, -0.1) is 0 Å². The van der Waals surface area contributed by atoms with Crippen molar-refractivity contribution in [2.75, 3.05) is 5.33 Å². The molecule has 5 heteroatoms. The van der Waals surface area contributed by atoms with Gasteiger partial charge in [-0.05, 0) is 15.9 Å². The molecule has 0 aliphatic rings. The first kappa shape index (κ1) is 8.80. The van der Waals surface area contributed by atoms with Crippen molar-refractivity contribution in [3.05, 3.63) is 22.7 Å². The number of carbonyl (C=O) groups is 1. The third kappa shape index (κ3) is 2.34. The first-order valence-corrected chi connectivity index (χ1v) is 4.72. The molecule has 1 heterocycles. The first-order chi connectivity index (χ1) is 5.24. The highest BCUT2D eigenvalue weighted by molar-refractivity contribution is 9.10. The molecule has 0 N–H and O–H groups in total. The lowest BCUT2D eigenvalue weighted by Crippen LogP contribution is -2.01. The second kappa shape index (κ2) is 3.92. The minimum absolute atomic E-state index is 0.0162. The van der Waals surface area contributed by atoms with E-state index in [1.165, 1.54) is 12.4 Å². The second-order valence-corrected chi connectivity index (χ2v) is 3.07. The Morgan fingerprint density at radius 3 is 2.45 bits per heavy atom. The summed E-state index contributed by atoms with van der Waals surface area (Å²) in [6.07, 6.45) is 2.97. The second-order valence-electron chi connectivity index (χ2n) is 1.80. The molecule has 58 valence electrons. The van der Waals surface area contributed by atoms with E-state index in [4.69, 9.17) is 0 Å². The molecule has 0 radical (unpaired) electrons. The molecule has 1 aromatic heterocycles. The van der Waals surface area contributed by atoms with Gasteiger partial charge in [0.15, 0.2) is 10.5 Å². The smallest absolute Gasteiger partial charge is 0.196 e. The van der Waals surface area contributed by atoms with Crippen molar-refractivity contribution in [3.63, 3.8) is 0 Å². The highest BCUT2D eigenvalue weighted by Gasteiger charge is 2.03. The SMILES string of the molecule is O=C(CBr)c1cnc(Br)nc1. The van der Waals surface area contributed by atoms with E-state index in [0.717, 1.165) is 0 Å². The van der Waals surface area contributed by atoms with Crippen LogP contribution in [0, 0.1) is 0 Å². The molecule has 0 aromatic carbocycles. The van der Waals surface area contributed by atoms with E-state index in [9.17, 15) is 4.79 Å². The molecular weight excluding hydrogens is 276 g/mol. The minimum atomic E-state index is -0.0162. The average molecular weight is 280 g/mol. The van der Waals surface area contributed by atoms with Crippen LogP contribution in [0.4, 0.5) is 0 Å². The molecule has 0 aliphatic heterocycles. The number of rotatable bonds is 2. The molecule has 0 atom stereocenters. The average Bonchev–Trinajstić information content (AvgIpc) is 2.05. The molecule has 0 amide bonds. The van der Waals surface area contributed by atoms with Gasteiger partial charge in [-0.2, -0.15) is 0 Å². The summed E-state index contributed by atoms with van der Waals surface area (Å²) in [5, 5.41) is 0.304. The zero-order valence-corrected chi connectivity index (χ0v) is 8.59. The summed E-state index contributed by atoms with van der Waals surface area (Å²) in [5.74, 6) is -0.0162. The third-order valence-electron chi connectivity index (χ3n) is 1.06. The number of Topliss-reactive ketones (excluding diaryl/α,β-unsaturated/α-hetero) is 1. The largest absolute Gasteiger partial charge is 0.293 e. The quantitative estimate of drug-likeness (QED) is 0.471. The van der Waals surface area contributed by atoms with Gasteiger partial charge in [0.25, 0.3) is 0 Å². The molecule has 1 rings (SSSR count). The van der Waals surface area contributed by atoms with Crippen LogP contribution < -0.4 is 0 Å². The Hall–Kier alpha value is -0.290. The number of aromatic nitrogens is 2. The first-order valence-electron chi connectivity index (χ1n) is 2.80. The fraction of sp³-hybridized carbons (Fsp3) is 0.167. The van der Waals surface area contributed by atoms with E-state index < -0.39 is 0 Å². The Kier molecular flexibility index (Phi) is 3.14. The topological polar surface area (TPSA) is 42.9 Å². The van der Waals surface area contributed by atoms with Gasteiger partial charge in [-0.1, -0.05) is 15.9 Å². The summed E-state index contributed by atoms with van der Waals surface area (Å²) in [4.78, 5) is 18.6. The van der Waals surface area contributed by atoms with Crippen molar-refractivity contribution < 1.29 is 4.79 Å². The molecule has 0 aliphatic carbocycles. The Morgan fingerprint density at radius 2 is 2.00 bits per heavy atom. The number of nitrogens with zero attached hydrogens (tertiary/aromatic N) is 2. The van der Waals surface area contributed by atoms with E-state index in [0.29, 0.717) is 15.6 Å². The van der Waals surface area contributed by atoms with Gasteiger partial charge in [0.2, 0.25) is 0 Å². The van der Waals surface area contributed by atoms with Gasteiger partial charge in [0.1, 0.15) is 0 Å². The Labute approximate surface area is 80.5 Å². The van der Waals surface area contributed by atoms with Crippen LogP contribution in [-0.2, 0) is 0 Å². The van der Waals surface area contributed by atoms with Gasteiger partial charge in [-0.3, -0.25) is 4.79 Å². The highest BCUT2D eigenvalue weighted by atomic mass is 79.9. The lowest BCUT2D eigenvalue weighted by Gasteiger charge is -1.93. The van der Waals surface area contributed by atoms with Crippen molar-refractivity contribution >= 4 is 37.6 Å². The van der Waals surface area contributed by atoms with Crippen LogP contribution in [-0.4, -0.2) is 21.1 Å². The Morgan fingerprint density at radius 1 is 1.45 bits per heavy atom. The minimum Gasteiger partial charge on any atom is -0.293 e. The van der Waals surface area contributed by atoms with E-state index >= 15 is 0 Å². The van der Waals surface area contributed by atoms with Crippen LogP contribution >= 0.6 is 31.9 Å². The standard InChI is InChI=1S/C6H4Br2N2O/c7-1-5(11)4-2-9-6(8)10-3-4/h2-3H,1H2. The molecule has 0 unspecified atom stereocenters. The predicted molar refractivity (Wildman–Crippen MR) is 47.9 cm³/mol. The van der Waals surface area contributed by atoms with Crippen molar-refractivity contribution in [2.24, 2.45) is 0 Å². The zero-order chi connectivity index (χ0) is 8.27. The van der Waals surface area contributed by atoms with Crippen LogP contribution in [0.25, 0.3) is 0 Å². The van der Waals surface area contributed by atoms with E-state index in [1.807, 2.05) is 0 Å². The van der Waals surface area contributed by atoms with Crippen molar-refractivity contribution in [1.29, 1.82) is 0 Å². The molecule has 11 heavy (non-hydrogen) atoms. The van der Waals surface area contributed by atoms with E-state index in [2.05, 4.69) is 41.8 Å². The number of ketones is 1. The van der Waals surface area contributed by atoms with Crippen molar-refractivity contribution in [3.8, 4) is 0 Å². The van der Waals surface area contributed by atoms with Crippen LogP contribution in [0.3, 0.4) is 0 Å². The van der Waals surface area contributed by atoms with Gasteiger partial charge >= 0.3 is 0 Å². The molecule has 0 bridgehead atoms. The Bertz CT molecular complexity index is 260. The van der Waals surface area contributed by atoms with Crippen molar-refractivity contribution in [1.82, 2.24) is 9.97 Å². The lowest BCUT2D eigenvalue weighted by atomic mass is 10.2. The highest BCUT2D eigenvalue weighted by Crippen LogP contribution is 2.03. The lowest BCUT2D eigenvalue weighted by molar-refractivity contribution is 0.102. The van der Waals surface area contributed by atoms with Crippen LogP contribution in [0.2, 0.25) is 0 Å².